The van der Waals surface area contributed by atoms with E-state index in [0.717, 1.165) is 18.8 Å². The molecule has 0 spiro atoms. The standard InChI is InChI=1S/C19H19F2N5.HI/c20-16-3-5-17(6-4-16)25-7-9-26(10-8-25)19(23)24-13-15-2-1-14(12-22)11-18(15)21;/h1-6,11H,7-10,13H2,(H2,23,24);1H. The summed E-state index contributed by atoms with van der Waals surface area (Å²) in [6.45, 7) is 2.98. The molecule has 1 heterocycles. The number of nitrogens with two attached hydrogens (primary N) is 1. The lowest BCUT2D eigenvalue weighted by Crippen LogP contribution is -2.51. The Labute approximate surface area is 174 Å². The average molecular weight is 483 g/mol. The van der Waals surface area contributed by atoms with Gasteiger partial charge in [0.2, 0.25) is 0 Å². The summed E-state index contributed by atoms with van der Waals surface area (Å²) in [5.74, 6) is -0.340. The molecule has 2 aromatic rings. The minimum Gasteiger partial charge on any atom is -0.370 e. The summed E-state index contributed by atoms with van der Waals surface area (Å²) >= 11 is 0. The van der Waals surface area contributed by atoms with Crippen molar-refractivity contribution >= 4 is 35.6 Å². The number of nitriles is 1. The fourth-order valence-electron chi connectivity index (χ4n) is 2.86. The van der Waals surface area contributed by atoms with Crippen LogP contribution in [0.25, 0.3) is 0 Å². The van der Waals surface area contributed by atoms with Crippen molar-refractivity contribution in [2.24, 2.45) is 10.7 Å². The lowest BCUT2D eigenvalue weighted by Gasteiger charge is -2.36. The summed E-state index contributed by atoms with van der Waals surface area (Å²) in [7, 11) is 0. The smallest absolute Gasteiger partial charge is 0.191 e. The quantitative estimate of drug-likeness (QED) is 0.414. The number of benzene rings is 2. The largest absolute Gasteiger partial charge is 0.370 e. The highest BCUT2D eigenvalue weighted by atomic mass is 127. The molecule has 27 heavy (non-hydrogen) atoms. The molecule has 0 aliphatic carbocycles. The second-order valence-corrected chi connectivity index (χ2v) is 6.04. The number of rotatable bonds is 3. The molecule has 0 radical (unpaired) electrons. The molecule has 0 saturated carbocycles. The summed E-state index contributed by atoms with van der Waals surface area (Å²) in [5.41, 5.74) is 7.69. The highest BCUT2D eigenvalue weighted by molar-refractivity contribution is 14.0. The number of nitrogens with zero attached hydrogens (tertiary/aromatic N) is 4. The van der Waals surface area contributed by atoms with E-state index in [1.54, 1.807) is 24.3 Å². The Kier molecular flexibility index (Phi) is 7.36. The van der Waals surface area contributed by atoms with Gasteiger partial charge in [-0.15, -0.1) is 24.0 Å². The van der Waals surface area contributed by atoms with Crippen LogP contribution in [-0.2, 0) is 6.54 Å². The Hall–Kier alpha value is -2.41. The van der Waals surface area contributed by atoms with Gasteiger partial charge in [-0.2, -0.15) is 5.26 Å². The Balaban J connectivity index is 0.00000261. The van der Waals surface area contributed by atoms with Crippen LogP contribution in [0.4, 0.5) is 14.5 Å². The van der Waals surface area contributed by atoms with E-state index in [9.17, 15) is 8.78 Å². The first-order chi connectivity index (χ1) is 12.6. The van der Waals surface area contributed by atoms with Crippen molar-refractivity contribution in [3.05, 3.63) is 65.2 Å². The first-order valence-electron chi connectivity index (χ1n) is 8.31. The Bertz CT molecular complexity index is 840. The molecule has 8 heteroatoms. The third-order valence-electron chi connectivity index (χ3n) is 4.39. The van der Waals surface area contributed by atoms with E-state index in [4.69, 9.17) is 11.0 Å². The highest BCUT2D eigenvalue weighted by Crippen LogP contribution is 2.17. The third kappa shape index (κ3) is 5.29. The van der Waals surface area contributed by atoms with Gasteiger partial charge in [-0.25, -0.2) is 13.8 Å². The Morgan fingerprint density at radius 1 is 1.07 bits per heavy atom. The van der Waals surface area contributed by atoms with Crippen LogP contribution in [0, 0.1) is 23.0 Å². The summed E-state index contributed by atoms with van der Waals surface area (Å²) < 4.78 is 26.9. The first kappa shape index (κ1) is 20.9. The second kappa shape index (κ2) is 9.50. The van der Waals surface area contributed by atoms with E-state index >= 15 is 0 Å². The van der Waals surface area contributed by atoms with Gasteiger partial charge in [-0.3, -0.25) is 0 Å². The minimum absolute atomic E-state index is 0. The summed E-state index contributed by atoms with van der Waals surface area (Å²) in [6, 6.07) is 12.6. The molecule has 2 aromatic carbocycles. The third-order valence-corrected chi connectivity index (χ3v) is 4.39. The monoisotopic (exact) mass is 483 g/mol. The van der Waals surface area contributed by atoms with E-state index < -0.39 is 5.82 Å². The van der Waals surface area contributed by atoms with Crippen molar-refractivity contribution in [1.82, 2.24) is 4.90 Å². The van der Waals surface area contributed by atoms with Crippen molar-refractivity contribution in [3.8, 4) is 6.07 Å². The molecule has 0 aromatic heterocycles. The van der Waals surface area contributed by atoms with E-state index in [0.29, 0.717) is 24.6 Å². The van der Waals surface area contributed by atoms with Crippen molar-refractivity contribution in [1.29, 1.82) is 5.26 Å². The van der Waals surface area contributed by atoms with E-state index in [-0.39, 0.29) is 41.9 Å². The number of anilines is 1. The van der Waals surface area contributed by atoms with Crippen LogP contribution < -0.4 is 10.6 Å². The van der Waals surface area contributed by atoms with Crippen molar-refractivity contribution in [2.45, 2.75) is 6.54 Å². The molecule has 0 unspecified atom stereocenters. The van der Waals surface area contributed by atoms with Crippen LogP contribution in [-0.4, -0.2) is 37.0 Å². The van der Waals surface area contributed by atoms with Crippen LogP contribution in [0.3, 0.4) is 0 Å². The van der Waals surface area contributed by atoms with Crippen LogP contribution in [0.2, 0.25) is 0 Å². The topological polar surface area (TPSA) is 68.6 Å². The van der Waals surface area contributed by atoms with Gasteiger partial charge in [-0.05, 0) is 36.4 Å². The lowest BCUT2D eigenvalue weighted by atomic mass is 10.1. The molecule has 142 valence electrons. The fraction of sp³-hybridized carbons (Fsp3) is 0.263. The summed E-state index contributed by atoms with van der Waals surface area (Å²) in [6.07, 6.45) is 0. The minimum atomic E-state index is -0.457. The van der Waals surface area contributed by atoms with Gasteiger partial charge in [0.25, 0.3) is 0 Å². The molecule has 5 nitrogen and oxygen atoms in total. The predicted molar refractivity (Wildman–Crippen MR) is 112 cm³/mol. The molecule has 3 rings (SSSR count). The maximum Gasteiger partial charge on any atom is 0.191 e. The Morgan fingerprint density at radius 3 is 2.33 bits per heavy atom. The maximum atomic E-state index is 13.9. The average Bonchev–Trinajstić information content (AvgIpc) is 2.67. The van der Waals surface area contributed by atoms with Gasteiger partial charge in [0, 0.05) is 37.4 Å². The zero-order valence-electron chi connectivity index (χ0n) is 14.6. The number of hydrogen-bond donors (Lipinski definition) is 1. The summed E-state index contributed by atoms with van der Waals surface area (Å²) in [5, 5.41) is 8.77. The molecular weight excluding hydrogens is 463 g/mol. The number of halogens is 3. The van der Waals surface area contributed by atoms with Crippen molar-refractivity contribution < 1.29 is 8.78 Å². The van der Waals surface area contributed by atoms with E-state index in [2.05, 4.69) is 9.89 Å². The van der Waals surface area contributed by atoms with Gasteiger partial charge in [-0.1, -0.05) is 6.07 Å². The molecule has 1 aliphatic heterocycles. The second-order valence-electron chi connectivity index (χ2n) is 6.04. The van der Waals surface area contributed by atoms with Gasteiger partial charge < -0.3 is 15.5 Å². The lowest BCUT2D eigenvalue weighted by molar-refractivity contribution is 0.380. The number of piperazine rings is 1. The molecule has 1 saturated heterocycles. The van der Waals surface area contributed by atoms with Crippen molar-refractivity contribution in [2.75, 3.05) is 31.1 Å². The van der Waals surface area contributed by atoms with Gasteiger partial charge >= 0.3 is 0 Å². The van der Waals surface area contributed by atoms with Crippen LogP contribution >= 0.6 is 24.0 Å². The van der Waals surface area contributed by atoms with E-state index in [1.807, 2.05) is 11.0 Å². The Morgan fingerprint density at radius 2 is 1.74 bits per heavy atom. The fourth-order valence-corrected chi connectivity index (χ4v) is 2.86. The number of aliphatic imine (C=N–C) groups is 1. The number of hydrogen-bond acceptors (Lipinski definition) is 3. The zero-order chi connectivity index (χ0) is 18.5. The van der Waals surface area contributed by atoms with Gasteiger partial charge in [0.05, 0.1) is 18.2 Å². The zero-order valence-corrected chi connectivity index (χ0v) is 16.9. The van der Waals surface area contributed by atoms with Crippen molar-refractivity contribution in [3.63, 3.8) is 0 Å². The number of guanidine groups is 1. The normalized spacial score (nSPS) is 14.5. The molecule has 0 amide bonds. The molecule has 0 atom stereocenters. The summed E-state index contributed by atoms with van der Waals surface area (Å²) in [4.78, 5) is 8.38. The van der Waals surface area contributed by atoms with Gasteiger partial charge in [0.15, 0.2) is 5.96 Å². The molecular formula is C19H20F2IN5. The maximum absolute atomic E-state index is 13.9. The van der Waals surface area contributed by atoms with Crippen LogP contribution in [0.1, 0.15) is 11.1 Å². The SMILES string of the molecule is I.N#Cc1ccc(CN=C(N)N2CCN(c3ccc(F)cc3)CC2)c(F)c1. The molecule has 1 fully saturated rings. The first-order valence-corrected chi connectivity index (χ1v) is 8.31. The highest BCUT2D eigenvalue weighted by Gasteiger charge is 2.18. The van der Waals surface area contributed by atoms with Crippen LogP contribution in [0.15, 0.2) is 47.5 Å². The molecule has 1 aliphatic rings. The molecule has 2 N–H and O–H groups in total. The predicted octanol–water partition coefficient (Wildman–Crippen LogP) is 3.09. The van der Waals surface area contributed by atoms with Gasteiger partial charge in [0.1, 0.15) is 11.6 Å². The molecule has 0 bridgehead atoms. The van der Waals surface area contributed by atoms with E-state index in [1.165, 1.54) is 18.2 Å². The van der Waals surface area contributed by atoms with Crippen LogP contribution in [0.5, 0.6) is 0 Å².